The van der Waals surface area contributed by atoms with Gasteiger partial charge in [-0.1, -0.05) is 17.7 Å². The van der Waals surface area contributed by atoms with Crippen molar-refractivity contribution in [2.75, 3.05) is 27.3 Å². The Bertz CT molecular complexity index is 442. The number of halogens is 1. The lowest BCUT2D eigenvalue weighted by Gasteiger charge is -2.38. The minimum Gasteiger partial charge on any atom is -0.495 e. The molecule has 0 radical (unpaired) electrons. The topological polar surface area (TPSA) is 47.7 Å². The molecule has 20 heavy (non-hydrogen) atoms. The third kappa shape index (κ3) is 3.64. The van der Waals surface area contributed by atoms with Gasteiger partial charge >= 0.3 is 0 Å². The van der Waals surface area contributed by atoms with E-state index >= 15 is 0 Å². The molecule has 1 aliphatic rings. The second-order valence-corrected chi connectivity index (χ2v) is 5.62. The molecule has 0 bridgehead atoms. The van der Waals surface area contributed by atoms with Crippen LogP contribution in [0, 0.1) is 0 Å². The van der Waals surface area contributed by atoms with Crippen molar-refractivity contribution in [3.8, 4) is 5.75 Å². The van der Waals surface area contributed by atoms with Crippen LogP contribution in [0.2, 0.25) is 5.02 Å². The van der Waals surface area contributed by atoms with E-state index in [0.717, 1.165) is 25.9 Å². The molecule has 1 heterocycles. The van der Waals surface area contributed by atoms with E-state index in [1.165, 1.54) is 5.56 Å². The first kappa shape index (κ1) is 15.6. The average Bonchev–Trinajstić information content (AvgIpc) is 2.48. The lowest BCUT2D eigenvalue weighted by molar-refractivity contribution is 0.0102. The highest BCUT2D eigenvalue weighted by atomic mass is 35.5. The van der Waals surface area contributed by atoms with Crippen molar-refractivity contribution in [3.63, 3.8) is 0 Å². The zero-order valence-electron chi connectivity index (χ0n) is 12.1. The number of rotatable bonds is 5. The fourth-order valence-electron chi connectivity index (χ4n) is 2.77. The lowest BCUT2D eigenvalue weighted by atomic mass is 9.98. The summed E-state index contributed by atoms with van der Waals surface area (Å²) < 4.78 is 10.6. The first-order valence-corrected chi connectivity index (χ1v) is 7.35. The molecule has 1 fully saturated rings. The maximum Gasteiger partial charge on any atom is 0.137 e. The Labute approximate surface area is 125 Å². The van der Waals surface area contributed by atoms with Gasteiger partial charge < -0.3 is 15.2 Å². The minimum atomic E-state index is 0.333. The number of methoxy groups -OCH3 is 2. The summed E-state index contributed by atoms with van der Waals surface area (Å²) in [5.41, 5.74) is 7.08. The Hall–Kier alpha value is -0.810. The van der Waals surface area contributed by atoms with Gasteiger partial charge in [0.2, 0.25) is 0 Å². The van der Waals surface area contributed by atoms with Gasteiger partial charge in [0.25, 0.3) is 0 Å². The molecule has 5 heteroatoms. The fraction of sp³-hybridized carbons (Fsp3) is 0.600. The number of hydrogen-bond acceptors (Lipinski definition) is 4. The quantitative estimate of drug-likeness (QED) is 0.906. The summed E-state index contributed by atoms with van der Waals surface area (Å²) in [6.07, 6.45) is 2.38. The largest absolute Gasteiger partial charge is 0.495 e. The average molecular weight is 299 g/mol. The number of piperidine rings is 1. The third-order valence-electron chi connectivity index (χ3n) is 4.00. The van der Waals surface area contributed by atoms with E-state index in [1.54, 1.807) is 14.2 Å². The fourth-order valence-corrected chi connectivity index (χ4v) is 3.05. The van der Waals surface area contributed by atoms with Gasteiger partial charge in [-0.2, -0.15) is 0 Å². The van der Waals surface area contributed by atoms with Gasteiger partial charge in [0.05, 0.1) is 18.2 Å². The van der Waals surface area contributed by atoms with E-state index in [4.69, 9.17) is 26.8 Å². The van der Waals surface area contributed by atoms with Gasteiger partial charge in [-0.05, 0) is 30.5 Å². The van der Waals surface area contributed by atoms with Gasteiger partial charge in [0, 0.05) is 32.8 Å². The van der Waals surface area contributed by atoms with Crippen molar-refractivity contribution in [1.82, 2.24) is 4.90 Å². The summed E-state index contributed by atoms with van der Waals surface area (Å²) >= 11 is 6.17. The second kappa shape index (κ2) is 7.27. The first-order valence-electron chi connectivity index (χ1n) is 6.97. The number of nitrogens with two attached hydrogens (primary N) is 1. The Morgan fingerprint density at radius 2 is 2.20 bits per heavy atom. The molecule has 4 nitrogen and oxygen atoms in total. The Kier molecular flexibility index (Phi) is 5.66. The molecule has 2 rings (SSSR count). The van der Waals surface area contributed by atoms with Gasteiger partial charge in [-0.3, -0.25) is 4.90 Å². The molecule has 1 saturated heterocycles. The molecule has 112 valence electrons. The van der Waals surface area contributed by atoms with E-state index in [-0.39, 0.29) is 0 Å². The summed E-state index contributed by atoms with van der Waals surface area (Å²) in [6, 6.07) is 6.31. The first-order chi connectivity index (χ1) is 9.67. The van der Waals surface area contributed by atoms with Crippen LogP contribution < -0.4 is 10.5 Å². The van der Waals surface area contributed by atoms with Crippen LogP contribution in [0.15, 0.2) is 18.2 Å². The maximum absolute atomic E-state index is 6.17. The van der Waals surface area contributed by atoms with Gasteiger partial charge in [-0.15, -0.1) is 0 Å². The summed E-state index contributed by atoms with van der Waals surface area (Å²) in [6.45, 7) is 2.52. The van der Waals surface area contributed by atoms with Crippen molar-refractivity contribution in [2.24, 2.45) is 5.73 Å². The maximum atomic E-state index is 6.17. The molecule has 1 aromatic rings. The molecule has 2 unspecified atom stereocenters. The van der Waals surface area contributed by atoms with Crippen LogP contribution in [-0.2, 0) is 11.3 Å². The summed E-state index contributed by atoms with van der Waals surface area (Å²) in [5, 5.41) is 0.654. The molecule has 0 spiro atoms. The predicted molar refractivity (Wildman–Crippen MR) is 81.3 cm³/mol. The lowest BCUT2D eigenvalue weighted by Crippen LogP contribution is -2.47. The van der Waals surface area contributed by atoms with Crippen molar-refractivity contribution >= 4 is 11.6 Å². The molecule has 2 N–H and O–H groups in total. The Morgan fingerprint density at radius 1 is 1.40 bits per heavy atom. The summed E-state index contributed by atoms with van der Waals surface area (Å²) in [4.78, 5) is 2.41. The molecular weight excluding hydrogens is 276 g/mol. The minimum absolute atomic E-state index is 0.333. The van der Waals surface area contributed by atoms with E-state index in [9.17, 15) is 0 Å². The molecule has 0 aromatic heterocycles. The van der Waals surface area contributed by atoms with Crippen LogP contribution in [0.1, 0.15) is 18.4 Å². The zero-order valence-corrected chi connectivity index (χ0v) is 12.9. The Balaban J connectivity index is 2.03. The SMILES string of the molecule is COc1ccc(CN2CCC(OC)CC2CN)cc1Cl. The normalized spacial score (nSPS) is 23.8. The number of nitrogens with zero attached hydrogens (tertiary/aromatic N) is 1. The molecule has 0 amide bonds. The number of benzene rings is 1. The molecular formula is C15H23ClN2O2. The molecule has 1 aromatic carbocycles. The molecule has 0 aliphatic carbocycles. The van der Waals surface area contributed by atoms with Crippen molar-refractivity contribution in [2.45, 2.75) is 31.5 Å². The van der Waals surface area contributed by atoms with Crippen molar-refractivity contribution in [1.29, 1.82) is 0 Å². The molecule has 0 saturated carbocycles. The van der Waals surface area contributed by atoms with E-state index < -0.39 is 0 Å². The molecule has 2 atom stereocenters. The molecule has 1 aliphatic heterocycles. The van der Waals surface area contributed by atoms with Crippen LogP contribution in [0.4, 0.5) is 0 Å². The summed E-state index contributed by atoms with van der Waals surface area (Å²) in [5.74, 6) is 0.712. The van der Waals surface area contributed by atoms with Gasteiger partial charge in [0.1, 0.15) is 5.75 Å². The van der Waals surface area contributed by atoms with E-state index in [0.29, 0.717) is 29.5 Å². The number of ether oxygens (including phenoxy) is 2. The van der Waals surface area contributed by atoms with Gasteiger partial charge in [0.15, 0.2) is 0 Å². The van der Waals surface area contributed by atoms with Crippen LogP contribution in [0.5, 0.6) is 5.75 Å². The van der Waals surface area contributed by atoms with Crippen LogP contribution in [0.25, 0.3) is 0 Å². The highest BCUT2D eigenvalue weighted by Crippen LogP contribution is 2.27. The number of hydrogen-bond donors (Lipinski definition) is 1. The monoisotopic (exact) mass is 298 g/mol. The highest BCUT2D eigenvalue weighted by molar-refractivity contribution is 6.32. The smallest absolute Gasteiger partial charge is 0.137 e. The van der Waals surface area contributed by atoms with Crippen molar-refractivity contribution in [3.05, 3.63) is 28.8 Å². The highest BCUT2D eigenvalue weighted by Gasteiger charge is 2.27. The van der Waals surface area contributed by atoms with Crippen LogP contribution >= 0.6 is 11.6 Å². The van der Waals surface area contributed by atoms with Gasteiger partial charge in [-0.25, -0.2) is 0 Å². The second-order valence-electron chi connectivity index (χ2n) is 5.21. The standard InChI is InChI=1S/C15H23ClN2O2/c1-19-13-5-6-18(12(8-13)9-17)10-11-3-4-15(20-2)14(16)7-11/h3-4,7,12-13H,5-6,8-10,17H2,1-2H3. The third-order valence-corrected chi connectivity index (χ3v) is 4.29. The predicted octanol–water partition coefficient (Wildman–Crippen LogP) is 2.29. The van der Waals surface area contributed by atoms with E-state index in [1.807, 2.05) is 12.1 Å². The van der Waals surface area contributed by atoms with E-state index in [2.05, 4.69) is 11.0 Å². The summed E-state index contributed by atoms with van der Waals surface area (Å²) in [7, 11) is 3.40. The van der Waals surface area contributed by atoms with Crippen LogP contribution in [-0.4, -0.2) is 44.4 Å². The zero-order chi connectivity index (χ0) is 14.5. The number of likely N-dealkylation sites (tertiary alicyclic amines) is 1. The van der Waals surface area contributed by atoms with Crippen LogP contribution in [0.3, 0.4) is 0 Å². The van der Waals surface area contributed by atoms with Crippen molar-refractivity contribution < 1.29 is 9.47 Å². The Morgan fingerprint density at radius 3 is 2.80 bits per heavy atom.